The van der Waals surface area contributed by atoms with E-state index in [0.29, 0.717) is 33.1 Å². The summed E-state index contributed by atoms with van der Waals surface area (Å²) in [7, 11) is 0. The summed E-state index contributed by atoms with van der Waals surface area (Å²) in [5, 5.41) is 86.8. The molecule has 0 aliphatic carbocycles. The Morgan fingerprint density at radius 1 is 0.286 bits per heavy atom. The number of unbranched alkanes of at least 4 members (excludes halogenated alkanes) is 3. The molecule has 0 amide bonds. The zero-order chi connectivity index (χ0) is 90.9. The van der Waals surface area contributed by atoms with E-state index in [1.807, 2.05) is 226 Å². The van der Waals surface area contributed by atoms with E-state index in [2.05, 4.69) is 170 Å². The van der Waals surface area contributed by atoms with E-state index in [4.69, 9.17) is 25.5 Å². The molecule has 5 N–H and O–H groups in total. The molecule has 7 aromatic carbocycles. The summed E-state index contributed by atoms with van der Waals surface area (Å²) >= 11 is 0. The van der Waals surface area contributed by atoms with Crippen LogP contribution < -0.4 is 0 Å². The fourth-order valence-electron chi connectivity index (χ4n) is 14.1. The van der Waals surface area contributed by atoms with Gasteiger partial charge in [0.2, 0.25) is 0 Å². The lowest BCUT2D eigenvalue weighted by atomic mass is 9.96. The van der Waals surface area contributed by atoms with Crippen molar-refractivity contribution in [2.75, 3.05) is 98.5 Å². The van der Waals surface area contributed by atoms with Crippen molar-refractivity contribution in [3.63, 3.8) is 0 Å². The molecule has 27 nitrogen and oxygen atoms in total. The molecular formula is C99H160N22O5. The number of nitrogens with zero attached hydrogens (tertiary/aromatic N) is 22. The number of benzene rings is 7. The average Bonchev–Trinajstić information content (AvgIpc) is 1.70. The minimum atomic E-state index is 0. The van der Waals surface area contributed by atoms with Crippen LogP contribution >= 0.6 is 0 Å². The van der Waals surface area contributed by atoms with Gasteiger partial charge in [0.1, 0.15) is 27.6 Å². The molecule has 0 radical (unpaired) electrons. The molecule has 2 aliphatic rings. The van der Waals surface area contributed by atoms with Gasteiger partial charge in [0.25, 0.3) is 0 Å². The van der Waals surface area contributed by atoms with E-state index >= 15 is 0 Å². The first-order chi connectivity index (χ1) is 61.5. The molecule has 2 unspecified atom stereocenters. The maximum atomic E-state index is 9.02. The van der Waals surface area contributed by atoms with Crippen LogP contribution in [0.2, 0.25) is 0 Å². The summed E-state index contributed by atoms with van der Waals surface area (Å²) in [4.78, 5) is 19.8. The van der Waals surface area contributed by atoms with E-state index in [1.165, 1.54) is 82.0 Å². The molecule has 14 rings (SSSR count). The van der Waals surface area contributed by atoms with Crippen LogP contribution in [0.25, 0.3) is 55.2 Å². The SMILES string of the molecule is C.C1=Nc2ccccc2C1.C1=Nc2ccccc2C1.CC.CC.CC.CC.CCCCC(CC)CN(CC(CC)CCCC)Cn1nnc2ccccc21.CCCCN(CCCO)Cn1nnc2ccccc21.CCCN(CCO)Cn1nnc2ccccc21.CCCN(CCO)Cn1nnc2ccccc21.OCCCN(CCCO)Cn1nnc2ccccc21. The van der Waals surface area contributed by atoms with Crippen molar-refractivity contribution in [3.05, 3.63) is 181 Å². The molecule has 7 heterocycles. The summed E-state index contributed by atoms with van der Waals surface area (Å²) in [6.45, 7) is 45.3. The molecular weight excluding hydrogens is 1580 g/mol. The normalized spacial score (nSPS) is 11.8. The lowest BCUT2D eigenvalue weighted by molar-refractivity contribution is 0.139. The fourth-order valence-corrected chi connectivity index (χ4v) is 14.1. The van der Waals surface area contributed by atoms with Gasteiger partial charge < -0.3 is 25.5 Å². The van der Waals surface area contributed by atoms with Crippen LogP contribution in [0.1, 0.15) is 219 Å². The number of hydrogen-bond acceptors (Lipinski definition) is 22. The zero-order valence-corrected chi connectivity index (χ0v) is 78.7. The summed E-state index contributed by atoms with van der Waals surface area (Å²) in [6, 6.07) is 56.4. The molecule has 0 saturated heterocycles. The summed E-state index contributed by atoms with van der Waals surface area (Å²) < 4.78 is 9.63. The lowest BCUT2D eigenvalue weighted by Gasteiger charge is -2.30. The molecule has 0 spiro atoms. The largest absolute Gasteiger partial charge is 0.396 e. The van der Waals surface area contributed by atoms with Gasteiger partial charge >= 0.3 is 0 Å². The third-order valence-electron chi connectivity index (χ3n) is 20.6. The van der Waals surface area contributed by atoms with Crippen LogP contribution in [0.5, 0.6) is 0 Å². The van der Waals surface area contributed by atoms with E-state index in [1.54, 1.807) is 0 Å². The van der Waals surface area contributed by atoms with Crippen LogP contribution in [0.3, 0.4) is 0 Å². The molecule has 696 valence electrons. The Morgan fingerprint density at radius 3 is 0.794 bits per heavy atom. The number of aliphatic hydroxyl groups excluding tert-OH is 5. The van der Waals surface area contributed by atoms with E-state index in [9.17, 15) is 0 Å². The second kappa shape index (κ2) is 69.6. The molecule has 126 heavy (non-hydrogen) atoms. The highest BCUT2D eigenvalue weighted by molar-refractivity contribution is 5.78. The maximum Gasteiger partial charge on any atom is 0.113 e. The zero-order valence-electron chi connectivity index (χ0n) is 78.7. The Labute approximate surface area is 755 Å². The molecule has 0 saturated carbocycles. The predicted octanol–water partition coefficient (Wildman–Crippen LogP) is 19.3. The third kappa shape index (κ3) is 39.8. The van der Waals surface area contributed by atoms with Gasteiger partial charge in [-0.3, -0.25) is 34.5 Å². The van der Waals surface area contributed by atoms with Gasteiger partial charge in [-0.2, -0.15) is 0 Å². The maximum absolute atomic E-state index is 9.02. The molecule has 0 fully saturated rings. The van der Waals surface area contributed by atoms with Crippen molar-refractivity contribution < 1.29 is 25.5 Å². The topological polar surface area (TPSA) is 296 Å². The van der Waals surface area contributed by atoms with E-state index < -0.39 is 0 Å². The first-order valence-electron chi connectivity index (χ1n) is 46.8. The minimum Gasteiger partial charge on any atom is -0.396 e. The number of para-hydroxylation sites is 7. The number of rotatable bonds is 42. The Kier molecular flexibility index (Phi) is 61.1. The Bertz CT molecular complexity index is 4410. The van der Waals surface area contributed by atoms with Gasteiger partial charge in [0.05, 0.1) is 85.5 Å². The van der Waals surface area contributed by atoms with Crippen LogP contribution in [-0.2, 0) is 46.2 Å². The second-order valence-corrected chi connectivity index (χ2v) is 29.8. The molecule has 27 heteroatoms. The monoisotopic (exact) mass is 1740 g/mol. The van der Waals surface area contributed by atoms with Gasteiger partial charge in [-0.25, -0.2) is 23.4 Å². The van der Waals surface area contributed by atoms with Crippen LogP contribution in [0.4, 0.5) is 11.4 Å². The fraction of sp³-hybridized carbons (Fsp3) is 0.556. The van der Waals surface area contributed by atoms with E-state index in [0.717, 1.165) is 182 Å². The molecule has 5 aromatic heterocycles. The number of aromatic nitrogens is 15. The van der Waals surface area contributed by atoms with Crippen LogP contribution in [0.15, 0.2) is 180 Å². The first kappa shape index (κ1) is 111. The summed E-state index contributed by atoms with van der Waals surface area (Å²) in [5.74, 6) is 1.56. The van der Waals surface area contributed by atoms with Crippen LogP contribution in [-0.4, -0.2) is 236 Å². The van der Waals surface area contributed by atoms with Crippen LogP contribution in [0, 0.1) is 11.8 Å². The van der Waals surface area contributed by atoms with Crippen molar-refractivity contribution in [2.24, 2.45) is 21.8 Å². The van der Waals surface area contributed by atoms with Gasteiger partial charge in [-0.1, -0.05) is 279 Å². The van der Waals surface area contributed by atoms with E-state index in [-0.39, 0.29) is 40.5 Å². The number of fused-ring (bicyclic) bond motifs is 7. The van der Waals surface area contributed by atoms with Gasteiger partial charge in [0, 0.05) is 90.9 Å². The Morgan fingerprint density at radius 2 is 0.540 bits per heavy atom. The first-order valence-corrected chi connectivity index (χ1v) is 46.8. The van der Waals surface area contributed by atoms with Crippen molar-refractivity contribution in [1.29, 1.82) is 0 Å². The van der Waals surface area contributed by atoms with Gasteiger partial charge in [0.15, 0.2) is 0 Å². The minimum absolute atomic E-state index is 0. The van der Waals surface area contributed by atoms with Crippen molar-refractivity contribution in [2.45, 2.75) is 254 Å². The average molecular weight is 1740 g/mol. The second-order valence-electron chi connectivity index (χ2n) is 29.8. The highest BCUT2D eigenvalue weighted by Gasteiger charge is 2.20. The molecule has 2 aliphatic heterocycles. The predicted molar refractivity (Wildman–Crippen MR) is 526 cm³/mol. The molecule has 0 bridgehead atoms. The van der Waals surface area contributed by atoms with Gasteiger partial charge in [-0.05, 0) is 167 Å². The summed E-state index contributed by atoms with van der Waals surface area (Å²) in [5.41, 5.74) is 14.9. The quantitative estimate of drug-likeness (QED) is 0.0237. The highest BCUT2D eigenvalue weighted by atomic mass is 16.3. The standard InChI is InChI=1S/C23H40N4.C14H22N4O.C13H20N4O2.2C12H18N4O.2C8H7N.4C2H6.CH4/c1-5-9-13-20(7-3)17-26(18-21(8-4)14-10-6-2)19-27-23-16-12-11-15-22(23)24-25-27;1-2-3-9-17(10-6-11-19)12-18-14-8-5-4-7-13(14)15-16-18;18-9-3-7-16(8-4-10-19)11-17-13-6-2-1-5-12(13)14-15-17;2*1-2-7-15(8-9-17)10-16-12-6-4-3-5-11(12)13-14-16;2*1-2-4-8-7(3-1)5-6-9-8;4*1-2;/h11-12,15-16,20-21H,5-10,13-14,17-19H2,1-4H3;4-5,7-8,19H,2-3,6,9-12H2,1H3;1-2,5-6,18-19H,3-4,7-11H2;2*3-6,17H,2,7-10H2,1H3;2*1-4,6H,5H2;4*1-2H3;1H4. The number of aliphatic hydroxyl groups is 5. The highest BCUT2D eigenvalue weighted by Crippen LogP contribution is 2.25. The third-order valence-corrected chi connectivity index (χ3v) is 20.6. The van der Waals surface area contributed by atoms with Crippen molar-refractivity contribution in [1.82, 2.24) is 99.5 Å². The smallest absolute Gasteiger partial charge is 0.113 e. The molecule has 12 aromatic rings. The Balaban J connectivity index is 0.000000381. The number of hydrogen-bond donors (Lipinski definition) is 5. The Hall–Kier alpha value is -9.52. The van der Waals surface area contributed by atoms with Crippen molar-refractivity contribution in [3.8, 4) is 0 Å². The number of aliphatic imine (C=N–C) groups is 2. The van der Waals surface area contributed by atoms with Gasteiger partial charge in [-0.15, -0.1) is 25.5 Å². The molecule has 2 atom stereocenters. The van der Waals surface area contributed by atoms with Crippen molar-refractivity contribution >= 4 is 79.0 Å². The summed E-state index contributed by atoms with van der Waals surface area (Å²) in [6.07, 6.45) is 23.1. The lowest BCUT2D eigenvalue weighted by Crippen LogP contribution is -2.36.